The highest BCUT2D eigenvalue weighted by Crippen LogP contribution is 2.25. The Labute approximate surface area is 76.6 Å². The van der Waals surface area contributed by atoms with Gasteiger partial charge in [0, 0.05) is 18.0 Å². The number of rotatable bonds is 4. The SMILES string of the molecule is CC1(CNCC(F)F)COCC1N. The van der Waals surface area contributed by atoms with Crippen LogP contribution in [0.25, 0.3) is 0 Å². The molecule has 0 bridgehead atoms. The fourth-order valence-electron chi connectivity index (χ4n) is 1.38. The van der Waals surface area contributed by atoms with Gasteiger partial charge < -0.3 is 15.8 Å². The Kier molecular flexibility index (Phi) is 3.58. The Bertz CT molecular complexity index is 168. The first-order chi connectivity index (χ1) is 6.04. The Balaban J connectivity index is 2.26. The third-order valence-electron chi connectivity index (χ3n) is 2.45. The Morgan fingerprint density at radius 3 is 2.85 bits per heavy atom. The normalized spacial score (nSPS) is 34.4. The van der Waals surface area contributed by atoms with E-state index in [0.29, 0.717) is 19.8 Å². The summed E-state index contributed by atoms with van der Waals surface area (Å²) < 4.78 is 28.8. The molecule has 0 aromatic carbocycles. The van der Waals surface area contributed by atoms with Crippen LogP contribution in [-0.4, -0.2) is 38.8 Å². The largest absolute Gasteiger partial charge is 0.379 e. The standard InChI is InChI=1S/C8H16F2N2O/c1-8(4-12-2-7(9)10)5-13-3-6(8)11/h6-7,12H,2-5,11H2,1H3. The third-order valence-corrected chi connectivity index (χ3v) is 2.45. The molecule has 3 N–H and O–H groups in total. The van der Waals surface area contributed by atoms with Gasteiger partial charge in [-0.1, -0.05) is 6.92 Å². The molecule has 78 valence electrons. The van der Waals surface area contributed by atoms with Crippen molar-refractivity contribution in [3.05, 3.63) is 0 Å². The lowest BCUT2D eigenvalue weighted by Gasteiger charge is -2.26. The van der Waals surface area contributed by atoms with Crippen LogP contribution in [-0.2, 0) is 4.74 Å². The van der Waals surface area contributed by atoms with E-state index in [-0.39, 0.29) is 18.0 Å². The van der Waals surface area contributed by atoms with E-state index in [0.717, 1.165) is 0 Å². The van der Waals surface area contributed by atoms with Crippen LogP contribution in [0.15, 0.2) is 0 Å². The minimum Gasteiger partial charge on any atom is -0.379 e. The second-order valence-electron chi connectivity index (χ2n) is 3.80. The van der Waals surface area contributed by atoms with Gasteiger partial charge in [0.1, 0.15) is 0 Å². The molecule has 2 atom stereocenters. The van der Waals surface area contributed by atoms with Crippen molar-refractivity contribution in [2.24, 2.45) is 11.1 Å². The lowest BCUT2D eigenvalue weighted by Crippen LogP contribution is -2.46. The predicted octanol–water partition coefficient (Wildman–Crippen LogP) is 0.205. The van der Waals surface area contributed by atoms with Crippen LogP contribution in [0.4, 0.5) is 8.78 Å². The molecule has 1 heterocycles. The average molecular weight is 194 g/mol. The van der Waals surface area contributed by atoms with E-state index in [1.165, 1.54) is 0 Å². The zero-order valence-corrected chi connectivity index (χ0v) is 7.72. The molecule has 13 heavy (non-hydrogen) atoms. The Morgan fingerprint density at radius 1 is 1.69 bits per heavy atom. The van der Waals surface area contributed by atoms with Gasteiger partial charge in [-0.2, -0.15) is 0 Å². The van der Waals surface area contributed by atoms with E-state index in [1.54, 1.807) is 0 Å². The lowest BCUT2D eigenvalue weighted by atomic mass is 9.86. The molecule has 2 unspecified atom stereocenters. The first-order valence-electron chi connectivity index (χ1n) is 4.37. The summed E-state index contributed by atoms with van der Waals surface area (Å²) in [6, 6.07) is -0.0577. The monoisotopic (exact) mass is 194 g/mol. The van der Waals surface area contributed by atoms with Crippen molar-refractivity contribution in [3.8, 4) is 0 Å². The summed E-state index contributed by atoms with van der Waals surface area (Å²) in [5, 5.41) is 2.69. The molecule has 0 aromatic rings. The Morgan fingerprint density at radius 2 is 2.38 bits per heavy atom. The van der Waals surface area contributed by atoms with Crippen molar-refractivity contribution in [2.75, 3.05) is 26.3 Å². The lowest BCUT2D eigenvalue weighted by molar-refractivity contribution is 0.130. The molecule has 3 nitrogen and oxygen atoms in total. The molecule has 1 aliphatic heterocycles. The average Bonchev–Trinajstić information content (AvgIpc) is 2.32. The zero-order valence-electron chi connectivity index (χ0n) is 7.72. The maximum Gasteiger partial charge on any atom is 0.250 e. The van der Waals surface area contributed by atoms with Gasteiger partial charge in [-0.15, -0.1) is 0 Å². The van der Waals surface area contributed by atoms with Gasteiger partial charge >= 0.3 is 0 Å². The van der Waals surface area contributed by atoms with E-state index in [1.807, 2.05) is 6.92 Å². The van der Waals surface area contributed by atoms with Crippen molar-refractivity contribution >= 4 is 0 Å². The number of hydrogen-bond donors (Lipinski definition) is 2. The second-order valence-corrected chi connectivity index (χ2v) is 3.80. The van der Waals surface area contributed by atoms with Gasteiger partial charge in [-0.25, -0.2) is 8.78 Å². The van der Waals surface area contributed by atoms with Gasteiger partial charge in [0.15, 0.2) is 0 Å². The van der Waals surface area contributed by atoms with Crippen LogP contribution in [0.2, 0.25) is 0 Å². The third kappa shape index (κ3) is 2.86. The highest BCUT2D eigenvalue weighted by Gasteiger charge is 2.37. The van der Waals surface area contributed by atoms with Crippen LogP contribution in [0.5, 0.6) is 0 Å². The van der Waals surface area contributed by atoms with Gasteiger partial charge in [-0.05, 0) is 0 Å². The van der Waals surface area contributed by atoms with Gasteiger partial charge in [0.05, 0.1) is 19.8 Å². The summed E-state index contributed by atoms with van der Waals surface area (Å²) in [4.78, 5) is 0. The summed E-state index contributed by atoms with van der Waals surface area (Å²) in [5.41, 5.74) is 5.58. The molecule has 1 saturated heterocycles. The number of alkyl halides is 2. The topological polar surface area (TPSA) is 47.3 Å². The van der Waals surface area contributed by atoms with Crippen LogP contribution in [0.3, 0.4) is 0 Å². The molecule has 1 aliphatic rings. The fourth-order valence-corrected chi connectivity index (χ4v) is 1.38. The zero-order chi connectivity index (χ0) is 9.90. The number of nitrogens with two attached hydrogens (primary N) is 1. The van der Waals surface area contributed by atoms with Crippen LogP contribution in [0, 0.1) is 5.41 Å². The van der Waals surface area contributed by atoms with Crippen molar-refractivity contribution in [1.29, 1.82) is 0 Å². The number of hydrogen-bond acceptors (Lipinski definition) is 3. The minimum atomic E-state index is -2.30. The molecule has 0 spiro atoms. The molecule has 0 aliphatic carbocycles. The highest BCUT2D eigenvalue weighted by atomic mass is 19.3. The summed E-state index contributed by atoms with van der Waals surface area (Å²) in [6.07, 6.45) is -2.30. The smallest absolute Gasteiger partial charge is 0.250 e. The van der Waals surface area contributed by atoms with E-state index >= 15 is 0 Å². The number of halogens is 2. The van der Waals surface area contributed by atoms with Gasteiger partial charge in [-0.3, -0.25) is 0 Å². The van der Waals surface area contributed by atoms with Crippen molar-refractivity contribution in [3.63, 3.8) is 0 Å². The minimum absolute atomic E-state index is 0.0577. The first kappa shape index (κ1) is 10.8. The van der Waals surface area contributed by atoms with Crippen LogP contribution in [0.1, 0.15) is 6.92 Å². The van der Waals surface area contributed by atoms with Gasteiger partial charge in [0.25, 0.3) is 6.43 Å². The summed E-state index contributed by atoms with van der Waals surface area (Å²) in [6.45, 7) is 3.22. The molecule has 1 rings (SSSR count). The molecular weight excluding hydrogens is 178 g/mol. The summed E-state index contributed by atoms with van der Waals surface area (Å²) in [7, 11) is 0. The van der Waals surface area contributed by atoms with E-state index in [4.69, 9.17) is 10.5 Å². The van der Waals surface area contributed by atoms with Crippen molar-refractivity contribution in [2.45, 2.75) is 19.4 Å². The molecule has 0 aromatic heterocycles. The van der Waals surface area contributed by atoms with Crippen LogP contribution >= 0.6 is 0 Å². The molecule has 0 amide bonds. The van der Waals surface area contributed by atoms with Crippen molar-refractivity contribution in [1.82, 2.24) is 5.32 Å². The predicted molar refractivity (Wildman–Crippen MR) is 45.8 cm³/mol. The summed E-state index contributed by atoms with van der Waals surface area (Å²) >= 11 is 0. The number of nitrogens with one attached hydrogen (secondary N) is 1. The van der Waals surface area contributed by atoms with Crippen LogP contribution < -0.4 is 11.1 Å². The van der Waals surface area contributed by atoms with Gasteiger partial charge in [0.2, 0.25) is 0 Å². The molecule has 0 radical (unpaired) electrons. The van der Waals surface area contributed by atoms with Crippen molar-refractivity contribution < 1.29 is 13.5 Å². The Hall–Kier alpha value is -0.260. The van der Waals surface area contributed by atoms with E-state index in [9.17, 15) is 8.78 Å². The molecule has 5 heteroatoms. The first-order valence-corrected chi connectivity index (χ1v) is 4.37. The van der Waals surface area contributed by atoms with E-state index < -0.39 is 6.43 Å². The molecule has 0 saturated carbocycles. The maximum absolute atomic E-state index is 11.8. The second kappa shape index (κ2) is 4.30. The highest BCUT2D eigenvalue weighted by molar-refractivity contribution is 4.91. The fraction of sp³-hybridized carbons (Fsp3) is 1.00. The quantitative estimate of drug-likeness (QED) is 0.672. The molecule has 1 fully saturated rings. The maximum atomic E-state index is 11.8. The van der Waals surface area contributed by atoms with E-state index in [2.05, 4.69) is 5.32 Å². The number of ether oxygens (including phenoxy) is 1. The molecular formula is C8H16F2N2O. The summed E-state index contributed by atoms with van der Waals surface area (Å²) in [5.74, 6) is 0.